The van der Waals surface area contributed by atoms with Crippen molar-refractivity contribution < 1.29 is 14.2 Å². The fraction of sp³-hybridized carbons (Fsp3) is 0.120. The minimum Gasteiger partial charge on any atom is -0.481 e. The van der Waals surface area contributed by atoms with Gasteiger partial charge in [-0.1, -0.05) is 60.7 Å². The minimum atomic E-state index is 0.362. The molecule has 2 aromatic heterocycles. The lowest BCUT2D eigenvalue weighted by atomic mass is 10.1. The number of ether oxygens (including phenoxy) is 3. The van der Waals surface area contributed by atoms with Crippen LogP contribution >= 0.6 is 0 Å². The molecule has 0 aliphatic heterocycles. The van der Waals surface area contributed by atoms with Crippen molar-refractivity contribution in [3.05, 3.63) is 96.2 Å². The van der Waals surface area contributed by atoms with Crippen LogP contribution in [-0.4, -0.2) is 17.1 Å². The second-order valence-corrected chi connectivity index (χ2v) is 6.88. The first-order chi connectivity index (χ1) is 15.2. The van der Waals surface area contributed by atoms with Crippen LogP contribution in [0.5, 0.6) is 17.6 Å². The third-order valence-corrected chi connectivity index (χ3v) is 4.64. The highest BCUT2D eigenvalue weighted by atomic mass is 16.5. The summed E-state index contributed by atoms with van der Waals surface area (Å²) in [5.74, 6) is 1.32. The third kappa shape index (κ3) is 5.11. The van der Waals surface area contributed by atoms with Gasteiger partial charge in [0.05, 0.1) is 24.6 Å². The molecular formula is C25H23N3O3. The van der Waals surface area contributed by atoms with Crippen molar-refractivity contribution in [2.45, 2.75) is 13.2 Å². The van der Waals surface area contributed by atoms with E-state index in [0.717, 1.165) is 16.7 Å². The zero-order chi connectivity index (χ0) is 21.5. The van der Waals surface area contributed by atoms with Gasteiger partial charge in [-0.3, -0.25) is 0 Å². The number of nitrogens with two attached hydrogens (primary N) is 1. The van der Waals surface area contributed by atoms with Gasteiger partial charge in [0.1, 0.15) is 13.2 Å². The normalized spacial score (nSPS) is 10.5. The second kappa shape index (κ2) is 9.63. The molecule has 4 aromatic rings. The topological polar surface area (TPSA) is 79.5 Å². The summed E-state index contributed by atoms with van der Waals surface area (Å²) in [5.41, 5.74) is 10.0. The molecule has 0 aliphatic rings. The Hall–Kier alpha value is -4.06. The lowest BCUT2D eigenvalue weighted by molar-refractivity contribution is 0.268. The second-order valence-electron chi connectivity index (χ2n) is 6.88. The fourth-order valence-corrected chi connectivity index (χ4v) is 3.10. The van der Waals surface area contributed by atoms with Crippen LogP contribution in [0, 0.1) is 0 Å². The van der Waals surface area contributed by atoms with E-state index in [4.69, 9.17) is 19.9 Å². The Balaban J connectivity index is 1.65. The SMILES string of the molecule is COc1ncc(N)cc1-c1ccc(OCc2ccccc2)nc1OCc1ccccc1. The van der Waals surface area contributed by atoms with E-state index in [1.54, 1.807) is 25.4 Å². The number of nitrogen functional groups attached to an aromatic ring is 1. The molecule has 2 aromatic carbocycles. The van der Waals surface area contributed by atoms with E-state index in [0.29, 0.717) is 42.1 Å². The van der Waals surface area contributed by atoms with Crippen LogP contribution < -0.4 is 19.9 Å². The zero-order valence-electron chi connectivity index (χ0n) is 17.2. The van der Waals surface area contributed by atoms with Gasteiger partial charge in [0, 0.05) is 11.6 Å². The molecular weight excluding hydrogens is 390 g/mol. The van der Waals surface area contributed by atoms with Crippen LogP contribution in [0.15, 0.2) is 85.1 Å². The van der Waals surface area contributed by atoms with Gasteiger partial charge in [0.2, 0.25) is 17.6 Å². The van der Waals surface area contributed by atoms with E-state index >= 15 is 0 Å². The molecule has 0 unspecified atom stereocenters. The van der Waals surface area contributed by atoms with Gasteiger partial charge in [-0.15, -0.1) is 0 Å². The minimum absolute atomic E-state index is 0.362. The number of anilines is 1. The number of benzene rings is 2. The molecule has 0 aliphatic carbocycles. The van der Waals surface area contributed by atoms with Crippen molar-refractivity contribution >= 4 is 5.69 Å². The maximum Gasteiger partial charge on any atom is 0.225 e. The van der Waals surface area contributed by atoms with Crippen molar-refractivity contribution in [1.29, 1.82) is 0 Å². The van der Waals surface area contributed by atoms with Crippen LogP contribution in [0.1, 0.15) is 11.1 Å². The summed E-state index contributed by atoms with van der Waals surface area (Å²) in [6.45, 7) is 0.773. The summed E-state index contributed by atoms with van der Waals surface area (Å²) in [6.07, 6.45) is 1.55. The third-order valence-electron chi connectivity index (χ3n) is 4.64. The number of hydrogen-bond donors (Lipinski definition) is 1. The van der Waals surface area contributed by atoms with Crippen molar-refractivity contribution in [2.24, 2.45) is 0 Å². The van der Waals surface area contributed by atoms with Crippen molar-refractivity contribution in [3.8, 4) is 28.8 Å². The van der Waals surface area contributed by atoms with Gasteiger partial charge >= 0.3 is 0 Å². The van der Waals surface area contributed by atoms with Crippen LogP contribution in [0.3, 0.4) is 0 Å². The average Bonchev–Trinajstić information content (AvgIpc) is 2.83. The highest BCUT2D eigenvalue weighted by Gasteiger charge is 2.16. The molecule has 156 valence electrons. The Morgan fingerprint density at radius 2 is 1.39 bits per heavy atom. The molecule has 2 N–H and O–H groups in total. The van der Waals surface area contributed by atoms with E-state index in [2.05, 4.69) is 9.97 Å². The Labute approximate surface area is 181 Å². The predicted octanol–water partition coefficient (Wildman–Crippen LogP) is 4.89. The first kappa shape index (κ1) is 20.2. The lowest BCUT2D eigenvalue weighted by Crippen LogP contribution is -2.03. The molecule has 0 spiro atoms. The molecule has 0 saturated carbocycles. The first-order valence-electron chi connectivity index (χ1n) is 9.87. The van der Waals surface area contributed by atoms with E-state index in [1.165, 1.54) is 0 Å². The number of pyridine rings is 2. The lowest BCUT2D eigenvalue weighted by Gasteiger charge is -2.15. The molecule has 0 saturated heterocycles. The van der Waals surface area contributed by atoms with E-state index < -0.39 is 0 Å². The molecule has 4 rings (SSSR count). The van der Waals surface area contributed by atoms with E-state index in [-0.39, 0.29) is 0 Å². The molecule has 0 radical (unpaired) electrons. The Morgan fingerprint density at radius 3 is 2.03 bits per heavy atom. The van der Waals surface area contributed by atoms with Gasteiger partial charge in [0.25, 0.3) is 0 Å². The standard InChI is InChI=1S/C25H23N3O3/c1-29-24-22(14-20(26)15-27-24)21-12-13-23(30-16-18-8-4-2-5-9-18)28-25(21)31-17-19-10-6-3-7-11-19/h2-15H,16-17,26H2,1H3. The summed E-state index contributed by atoms with van der Waals surface area (Å²) in [4.78, 5) is 8.88. The summed E-state index contributed by atoms with van der Waals surface area (Å²) >= 11 is 0. The van der Waals surface area contributed by atoms with Crippen LogP contribution in [0.4, 0.5) is 5.69 Å². The highest BCUT2D eigenvalue weighted by molar-refractivity contribution is 5.75. The van der Waals surface area contributed by atoms with E-state index in [9.17, 15) is 0 Å². The number of aromatic nitrogens is 2. The molecule has 0 atom stereocenters. The van der Waals surface area contributed by atoms with Crippen molar-refractivity contribution in [1.82, 2.24) is 9.97 Å². The smallest absolute Gasteiger partial charge is 0.225 e. The summed E-state index contributed by atoms with van der Waals surface area (Å²) in [5, 5.41) is 0. The summed E-state index contributed by atoms with van der Waals surface area (Å²) in [6, 6.07) is 25.3. The van der Waals surface area contributed by atoms with E-state index in [1.807, 2.05) is 66.7 Å². The monoisotopic (exact) mass is 413 g/mol. The molecule has 6 nitrogen and oxygen atoms in total. The molecule has 0 bridgehead atoms. The van der Waals surface area contributed by atoms with Gasteiger partial charge in [-0.05, 0) is 23.3 Å². The van der Waals surface area contributed by atoms with Crippen molar-refractivity contribution in [2.75, 3.05) is 12.8 Å². The number of rotatable bonds is 8. The molecule has 31 heavy (non-hydrogen) atoms. The fourth-order valence-electron chi connectivity index (χ4n) is 3.10. The van der Waals surface area contributed by atoms with Gasteiger partial charge in [-0.25, -0.2) is 4.98 Å². The summed E-state index contributed by atoms with van der Waals surface area (Å²) < 4.78 is 17.4. The molecule has 6 heteroatoms. The molecule has 0 fully saturated rings. The molecule has 0 amide bonds. The Kier molecular flexibility index (Phi) is 6.28. The average molecular weight is 413 g/mol. The summed E-state index contributed by atoms with van der Waals surface area (Å²) in [7, 11) is 1.57. The van der Waals surface area contributed by atoms with Crippen LogP contribution in [0.2, 0.25) is 0 Å². The van der Waals surface area contributed by atoms with Crippen LogP contribution in [0.25, 0.3) is 11.1 Å². The number of nitrogens with zero attached hydrogens (tertiary/aromatic N) is 2. The predicted molar refractivity (Wildman–Crippen MR) is 120 cm³/mol. The maximum atomic E-state index is 6.09. The number of methoxy groups -OCH3 is 1. The van der Waals surface area contributed by atoms with Gasteiger partial charge in [0.15, 0.2) is 0 Å². The van der Waals surface area contributed by atoms with Crippen LogP contribution in [-0.2, 0) is 13.2 Å². The first-order valence-corrected chi connectivity index (χ1v) is 9.87. The Bertz CT molecular complexity index is 1140. The van der Waals surface area contributed by atoms with Gasteiger partial charge < -0.3 is 19.9 Å². The number of hydrogen-bond acceptors (Lipinski definition) is 6. The molecule has 2 heterocycles. The van der Waals surface area contributed by atoms with Gasteiger partial charge in [-0.2, -0.15) is 4.98 Å². The van der Waals surface area contributed by atoms with Crippen molar-refractivity contribution in [3.63, 3.8) is 0 Å². The Morgan fingerprint density at radius 1 is 0.742 bits per heavy atom. The largest absolute Gasteiger partial charge is 0.481 e. The zero-order valence-corrected chi connectivity index (χ0v) is 17.2. The quantitative estimate of drug-likeness (QED) is 0.443. The maximum absolute atomic E-state index is 6.09. The highest BCUT2D eigenvalue weighted by Crippen LogP contribution is 2.37.